The molecule has 3 heterocycles. The van der Waals surface area contributed by atoms with Crippen LogP contribution >= 0.6 is 0 Å². The molecule has 1 aliphatic heterocycles. The number of nitrogens with zero attached hydrogens (tertiary/aromatic N) is 5. The Bertz CT molecular complexity index is 836. The fraction of sp³-hybridized carbons (Fsp3) is 0.250. The minimum Gasteiger partial charge on any atom is -0.476 e. The lowest BCUT2D eigenvalue weighted by Gasteiger charge is -2.34. The molecule has 1 aromatic carbocycles. The van der Waals surface area contributed by atoms with Crippen LogP contribution in [0, 0.1) is 0 Å². The van der Waals surface area contributed by atoms with Crippen molar-refractivity contribution in [3.05, 3.63) is 42.1 Å². The summed E-state index contributed by atoms with van der Waals surface area (Å²) >= 11 is 0. The molecule has 0 spiro atoms. The first-order valence-electron chi connectivity index (χ1n) is 7.63. The van der Waals surface area contributed by atoms with E-state index in [-0.39, 0.29) is 5.69 Å². The van der Waals surface area contributed by atoms with Crippen molar-refractivity contribution in [1.82, 2.24) is 15.2 Å². The molecule has 2 aromatic heterocycles. The first-order chi connectivity index (χ1) is 11.7. The number of fused-ring (bicyclic) bond motifs is 1. The number of hydrogen-bond donors (Lipinski definition) is 1. The Morgan fingerprint density at radius 3 is 2.42 bits per heavy atom. The van der Waals surface area contributed by atoms with Crippen LogP contribution in [0.25, 0.3) is 11.1 Å². The van der Waals surface area contributed by atoms with Gasteiger partial charge in [-0.05, 0) is 24.3 Å². The Morgan fingerprint density at radius 2 is 1.75 bits per heavy atom. The van der Waals surface area contributed by atoms with Gasteiger partial charge in [-0.3, -0.25) is 0 Å². The number of carboxylic acids is 1. The topological polar surface area (TPSA) is 95.6 Å². The molecule has 0 aliphatic carbocycles. The lowest BCUT2D eigenvalue weighted by atomic mass is 10.3. The van der Waals surface area contributed by atoms with Crippen LogP contribution in [-0.4, -0.2) is 52.4 Å². The predicted octanol–water partition coefficient (Wildman–Crippen LogP) is 1.64. The minimum atomic E-state index is -1.07. The molecule has 122 valence electrons. The van der Waals surface area contributed by atoms with E-state index in [1.807, 2.05) is 24.3 Å². The van der Waals surface area contributed by atoms with E-state index in [4.69, 9.17) is 9.52 Å². The SMILES string of the molecule is O=C(O)c1ccc(N2CCN(c3nc4ccccc4o3)CC2)nn1. The van der Waals surface area contributed by atoms with Gasteiger partial charge in [0.15, 0.2) is 17.1 Å². The smallest absolute Gasteiger partial charge is 0.356 e. The van der Waals surface area contributed by atoms with E-state index >= 15 is 0 Å². The Morgan fingerprint density at radius 1 is 1.00 bits per heavy atom. The summed E-state index contributed by atoms with van der Waals surface area (Å²) in [4.78, 5) is 19.5. The van der Waals surface area contributed by atoms with Gasteiger partial charge in [-0.15, -0.1) is 10.2 Å². The van der Waals surface area contributed by atoms with Crippen molar-refractivity contribution in [2.75, 3.05) is 36.0 Å². The second kappa shape index (κ2) is 5.80. The number of oxazole rings is 1. The molecule has 0 amide bonds. The van der Waals surface area contributed by atoms with Gasteiger partial charge in [0.2, 0.25) is 0 Å². The van der Waals surface area contributed by atoms with E-state index < -0.39 is 5.97 Å². The second-order valence-electron chi connectivity index (χ2n) is 5.52. The molecule has 0 saturated carbocycles. The zero-order valence-corrected chi connectivity index (χ0v) is 12.8. The number of carbonyl (C=O) groups is 1. The van der Waals surface area contributed by atoms with Crippen LogP contribution in [-0.2, 0) is 0 Å². The van der Waals surface area contributed by atoms with Crippen molar-refractivity contribution in [3.8, 4) is 0 Å². The highest BCUT2D eigenvalue weighted by Gasteiger charge is 2.22. The van der Waals surface area contributed by atoms with Gasteiger partial charge in [0.25, 0.3) is 6.01 Å². The average Bonchev–Trinajstić information content (AvgIpc) is 3.06. The molecule has 0 atom stereocenters. The zero-order valence-electron chi connectivity index (χ0n) is 12.8. The van der Waals surface area contributed by atoms with E-state index in [0.29, 0.717) is 11.8 Å². The van der Waals surface area contributed by atoms with Crippen molar-refractivity contribution < 1.29 is 14.3 Å². The Kier molecular flexibility index (Phi) is 3.49. The third-order valence-electron chi connectivity index (χ3n) is 4.03. The zero-order chi connectivity index (χ0) is 16.5. The summed E-state index contributed by atoms with van der Waals surface area (Å²) in [6.45, 7) is 2.96. The molecule has 0 bridgehead atoms. The van der Waals surface area contributed by atoms with Gasteiger partial charge in [-0.1, -0.05) is 12.1 Å². The van der Waals surface area contributed by atoms with E-state index in [1.54, 1.807) is 6.07 Å². The number of para-hydroxylation sites is 2. The largest absolute Gasteiger partial charge is 0.476 e. The van der Waals surface area contributed by atoms with Crippen molar-refractivity contribution in [1.29, 1.82) is 0 Å². The standard InChI is InChI=1S/C16H15N5O3/c22-15(23)12-5-6-14(19-18-12)20-7-9-21(10-8-20)16-17-11-3-1-2-4-13(11)24-16/h1-6H,7-10H2,(H,22,23). The third kappa shape index (κ3) is 2.62. The van der Waals surface area contributed by atoms with Crippen LogP contribution in [0.4, 0.5) is 11.8 Å². The molecule has 1 fully saturated rings. The van der Waals surface area contributed by atoms with Crippen LogP contribution in [0.3, 0.4) is 0 Å². The van der Waals surface area contributed by atoms with Gasteiger partial charge in [-0.25, -0.2) is 4.79 Å². The van der Waals surface area contributed by atoms with E-state index in [2.05, 4.69) is 25.0 Å². The molecule has 8 heteroatoms. The number of benzene rings is 1. The quantitative estimate of drug-likeness (QED) is 0.776. The van der Waals surface area contributed by atoms with Crippen LogP contribution in [0.15, 0.2) is 40.8 Å². The summed E-state index contributed by atoms with van der Waals surface area (Å²) in [5.41, 5.74) is 1.58. The highest BCUT2D eigenvalue weighted by atomic mass is 16.4. The summed E-state index contributed by atoms with van der Waals surface area (Å²) in [7, 11) is 0. The Balaban J connectivity index is 1.45. The number of rotatable bonds is 3. The summed E-state index contributed by atoms with van der Waals surface area (Å²) in [5, 5.41) is 16.6. The number of aromatic carboxylic acids is 1. The van der Waals surface area contributed by atoms with Crippen LogP contribution in [0.1, 0.15) is 10.5 Å². The maximum absolute atomic E-state index is 10.8. The summed E-state index contributed by atoms with van der Waals surface area (Å²) in [5.74, 6) is -0.396. The van der Waals surface area contributed by atoms with Crippen molar-refractivity contribution >= 4 is 28.9 Å². The van der Waals surface area contributed by atoms with Crippen LogP contribution in [0.5, 0.6) is 0 Å². The molecular formula is C16H15N5O3. The highest BCUT2D eigenvalue weighted by molar-refractivity contribution is 5.85. The molecule has 1 saturated heterocycles. The fourth-order valence-electron chi connectivity index (χ4n) is 2.73. The number of aromatic nitrogens is 3. The van der Waals surface area contributed by atoms with E-state index in [9.17, 15) is 4.79 Å². The molecule has 8 nitrogen and oxygen atoms in total. The predicted molar refractivity (Wildman–Crippen MR) is 87.4 cm³/mol. The number of anilines is 2. The van der Waals surface area contributed by atoms with Gasteiger partial charge in [0.05, 0.1) is 0 Å². The average molecular weight is 325 g/mol. The second-order valence-corrected chi connectivity index (χ2v) is 5.52. The maximum Gasteiger partial charge on any atom is 0.356 e. The van der Waals surface area contributed by atoms with E-state index in [1.165, 1.54) is 6.07 Å². The molecule has 0 unspecified atom stereocenters. The third-order valence-corrected chi connectivity index (χ3v) is 4.03. The van der Waals surface area contributed by atoms with Gasteiger partial charge in [-0.2, -0.15) is 4.98 Å². The number of carboxylic acid groups (broad SMARTS) is 1. The van der Waals surface area contributed by atoms with Crippen molar-refractivity contribution in [2.45, 2.75) is 0 Å². The maximum atomic E-state index is 10.8. The lowest BCUT2D eigenvalue weighted by Crippen LogP contribution is -2.47. The van der Waals surface area contributed by atoms with E-state index in [0.717, 1.165) is 37.3 Å². The molecule has 3 aromatic rings. The Hall–Kier alpha value is -3.16. The van der Waals surface area contributed by atoms with Gasteiger partial charge >= 0.3 is 5.97 Å². The Labute approximate surface area is 137 Å². The fourth-order valence-corrected chi connectivity index (χ4v) is 2.73. The van der Waals surface area contributed by atoms with Crippen molar-refractivity contribution in [3.63, 3.8) is 0 Å². The van der Waals surface area contributed by atoms with Crippen molar-refractivity contribution in [2.24, 2.45) is 0 Å². The summed E-state index contributed by atoms with van der Waals surface area (Å²) in [6, 6.07) is 11.5. The first-order valence-corrected chi connectivity index (χ1v) is 7.63. The molecule has 1 N–H and O–H groups in total. The molecular weight excluding hydrogens is 310 g/mol. The van der Waals surface area contributed by atoms with Crippen LogP contribution < -0.4 is 9.80 Å². The van der Waals surface area contributed by atoms with Gasteiger partial charge in [0.1, 0.15) is 5.52 Å². The minimum absolute atomic E-state index is 0.0520. The number of hydrogen-bond acceptors (Lipinski definition) is 7. The normalized spacial score (nSPS) is 15.0. The number of piperazine rings is 1. The highest BCUT2D eigenvalue weighted by Crippen LogP contribution is 2.23. The summed E-state index contributed by atoms with van der Waals surface area (Å²) < 4.78 is 5.79. The molecule has 1 aliphatic rings. The molecule has 0 radical (unpaired) electrons. The monoisotopic (exact) mass is 325 g/mol. The molecule has 4 rings (SSSR count). The molecule has 24 heavy (non-hydrogen) atoms. The van der Waals surface area contributed by atoms with Crippen LogP contribution in [0.2, 0.25) is 0 Å². The van der Waals surface area contributed by atoms with Gasteiger partial charge in [0, 0.05) is 26.2 Å². The lowest BCUT2D eigenvalue weighted by molar-refractivity contribution is 0.0689. The van der Waals surface area contributed by atoms with Gasteiger partial charge < -0.3 is 19.3 Å². The summed E-state index contributed by atoms with van der Waals surface area (Å²) in [6.07, 6.45) is 0. The first kappa shape index (κ1) is 14.4.